The predicted molar refractivity (Wildman–Crippen MR) is 107 cm³/mol. The van der Waals surface area contributed by atoms with Gasteiger partial charge in [0.15, 0.2) is 11.5 Å². The van der Waals surface area contributed by atoms with Crippen molar-refractivity contribution in [3.05, 3.63) is 53.3 Å². The van der Waals surface area contributed by atoms with Crippen LogP contribution in [0.3, 0.4) is 0 Å². The number of aromatic nitrogens is 2. The molecule has 0 radical (unpaired) electrons. The van der Waals surface area contributed by atoms with Crippen LogP contribution in [0.2, 0.25) is 0 Å². The maximum Gasteiger partial charge on any atom is 0.586 e. The third-order valence-corrected chi connectivity index (χ3v) is 5.92. The molecule has 0 amide bonds. The van der Waals surface area contributed by atoms with E-state index < -0.39 is 11.7 Å². The number of ketones is 1. The predicted octanol–water partition coefficient (Wildman–Crippen LogP) is 5.03. The molecule has 0 saturated heterocycles. The van der Waals surface area contributed by atoms with E-state index in [2.05, 4.69) is 40.2 Å². The number of nitrogens with one attached hydrogen (secondary N) is 1. The highest BCUT2D eigenvalue weighted by molar-refractivity contribution is 5.95. The van der Waals surface area contributed by atoms with Crippen LogP contribution in [0.25, 0.3) is 11.0 Å². The smallest absolute Gasteiger partial charge is 0.395 e. The average molecular weight is 412 g/mol. The molecule has 0 bridgehead atoms. The Morgan fingerprint density at radius 2 is 1.83 bits per heavy atom. The Balaban J connectivity index is 1.39. The molecule has 1 aromatic carbocycles. The van der Waals surface area contributed by atoms with E-state index in [-0.39, 0.29) is 29.1 Å². The van der Waals surface area contributed by atoms with Crippen molar-refractivity contribution in [3.63, 3.8) is 0 Å². The third-order valence-electron chi connectivity index (χ3n) is 5.92. The van der Waals surface area contributed by atoms with E-state index in [1.54, 1.807) is 6.07 Å². The van der Waals surface area contributed by atoms with Crippen LogP contribution in [-0.2, 0) is 22.0 Å². The lowest BCUT2D eigenvalue weighted by Crippen LogP contribution is -2.26. The van der Waals surface area contributed by atoms with Crippen molar-refractivity contribution in [1.29, 1.82) is 0 Å². The van der Waals surface area contributed by atoms with E-state index in [9.17, 15) is 13.6 Å². The number of fused-ring (bicyclic) bond motifs is 2. The van der Waals surface area contributed by atoms with Gasteiger partial charge in [0.05, 0.1) is 16.4 Å². The maximum absolute atomic E-state index is 13.3. The van der Waals surface area contributed by atoms with Crippen LogP contribution in [0.15, 0.2) is 36.4 Å². The first-order valence-corrected chi connectivity index (χ1v) is 9.99. The van der Waals surface area contributed by atoms with Gasteiger partial charge in [-0.1, -0.05) is 26.8 Å². The van der Waals surface area contributed by atoms with Crippen LogP contribution >= 0.6 is 0 Å². The number of Topliss-reactive ketones (excluding diaryl/α,β-unsaturated/α-hetero) is 1. The molecule has 5 nitrogen and oxygen atoms in total. The number of carbonyl (C=O) groups is 1. The molecule has 1 aliphatic heterocycles. The van der Waals surface area contributed by atoms with Gasteiger partial charge in [-0.3, -0.25) is 9.78 Å². The number of carbonyl (C=O) groups excluding carboxylic acids is 1. The number of hydrogen-bond acceptors (Lipinski definition) is 4. The summed E-state index contributed by atoms with van der Waals surface area (Å²) < 4.78 is 35.6. The van der Waals surface area contributed by atoms with E-state index in [0.717, 1.165) is 16.7 Å². The number of H-pyrrole nitrogens is 1. The number of hydrogen-bond donors (Lipinski definition) is 1. The van der Waals surface area contributed by atoms with Gasteiger partial charge in [0.1, 0.15) is 5.78 Å². The Morgan fingerprint density at radius 3 is 2.53 bits per heavy atom. The molecule has 1 aliphatic carbocycles. The Bertz CT molecular complexity index is 1170. The number of nitrogens with zero attached hydrogens (tertiary/aromatic N) is 1. The van der Waals surface area contributed by atoms with Gasteiger partial charge in [0, 0.05) is 23.2 Å². The monoisotopic (exact) mass is 412 g/mol. The molecule has 1 fully saturated rings. The van der Waals surface area contributed by atoms with Crippen LogP contribution in [0.1, 0.15) is 50.6 Å². The fourth-order valence-electron chi connectivity index (χ4n) is 3.99. The summed E-state index contributed by atoms with van der Waals surface area (Å²) in [4.78, 5) is 21.2. The van der Waals surface area contributed by atoms with Gasteiger partial charge in [-0.25, -0.2) is 0 Å². The summed E-state index contributed by atoms with van der Waals surface area (Å²) in [6, 6.07) is 10.4. The maximum atomic E-state index is 13.3. The summed E-state index contributed by atoms with van der Waals surface area (Å²) in [5, 5.41) is 0. The molecule has 3 heterocycles. The molecule has 1 saturated carbocycles. The first-order valence-electron chi connectivity index (χ1n) is 9.99. The van der Waals surface area contributed by atoms with Gasteiger partial charge >= 0.3 is 6.29 Å². The van der Waals surface area contributed by atoms with Crippen LogP contribution in [0.4, 0.5) is 8.78 Å². The number of pyridine rings is 1. The van der Waals surface area contributed by atoms with E-state index >= 15 is 0 Å². The largest absolute Gasteiger partial charge is 0.586 e. The molecule has 2 aromatic heterocycles. The molecule has 5 rings (SSSR count). The number of aromatic amines is 1. The Morgan fingerprint density at radius 1 is 1.10 bits per heavy atom. The second-order valence-electron chi connectivity index (χ2n) is 9.18. The van der Waals surface area contributed by atoms with Gasteiger partial charge in [-0.15, -0.1) is 8.78 Å². The average Bonchev–Trinajstić information content (AvgIpc) is 3.24. The number of benzene rings is 1. The van der Waals surface area contributed by atoms with Crippen LogP contribution < -0.4 is 9.47 Å². The first kappa shape index (κ1) is 19.0. The zero-order chi connectivity index (χ0) is 21.3. The number of alkyl halides is 2. The second-order valence-corrected chi connectivity index (χ2v) is 9.18. The molecule has 0 atom stereocenters. The zero-order valence-corrected chi connectivity index (χ0v) is 17.0. The number of ether oxygens (including phenoxy) is 2. The minimum Gasteiger partial charge on any atom is -0.395 e. The van der Waals surface area contributed by atoms with Crippen molar-refractivity contribution in [2.45, 2.75) is 57.2 Å². The van der Waals surface area contributed by atoms with E-state index in [0.29, 0.717) is 24.1 Å². The molecule has 1 N–H and O–H groups in total. The summed E-state index contributed by atoms with van der Waals surface area (Å²) in [5.74, 6) is -0.00839. The van der Waals surface area contributed by atoms with Crippen molar-refractivity contribution in [2.75, 3.05) is 0 Å². The van der Waals surface area contributed by atoms with E-state index in [4.69, 9.17) is 0 Å². The highest BCUT2D eigenvalue weighted by Gasteiger charge is 2.52. The van der Waals surface area contributed by atoms with Gasteiger partial charge in [-0.2, -0.15) is 0 Å². The van der Waals surface area contributed by atoms with Crippen molar-refractivity contribution in [3.8, 4) is 11.5 Å². The summed E-state index contributed by atoms with van der Waals surface area (Å²) in [7, 11) is 0. The van der Waals surface area contributed by atoms with Crippen LogP contribution in [0.5, 0.6) is 11.5 Å². The third kappa shape index (κ3) is 3.13. The number of rotatable bonds is 4. The Hall–Kier alpha value is -2.96. The van der Waals surface area contributed by atoms with Crippen molar-refractivity contribution < 1.29 is 23.0 Å². The molecular weight excluding hydrogens is 390 g/mol. The summed E-state index contributed by atoms with van der Waals surface area (Å²) >= 11 is 0. The van der Waals surface area contributed by atoms with Gasteiger partial charge < -0.3 is 14.5 Å². The topological polar surface area (TPSA) is 64.2 Å². The van der Waals surface area contributed by atoms with E-state index in [1.165, 1.54) is 12.1 Å². The quantitative estimate of drug-likeness (QED) is 0.653. The van der Waals surface area contributed by atoms with E-state index in [1.807, 2.05) is 18.2 Å². The SMILES string of the molecule is CC(C)(C)c1cc2nc(CC(=O)C3(c4ccc5c(c4)OC(F)(F)O5)CC3)ccc2[nH]1. The van der Waals surface area contributed by atoms with Gasteiger partial charge in [0.2, 0.25) is 0 Å². The Labute approximate surface area is 172 Å². The molecule has 7 heteroatoms. The van der Waals surface area contributed by atoms with Crippen molar-refractivity contribution in [2.24, 2.45) is 0 Å². The van der Waals surface area contributed by atoms with Crippen LogP contribution in [0, 0.1) is 0 Å². The molecule has 0 spiro atoms. The molecule has 156 valence electrons. The number of halogens is 2. The van der Waals surface area contributed by atoms with Crippen molar-refractivity contribution in [1.82, 2.24) is 9.97 Å². The fourth-order valence-corrected chi connectivity index (χ4v) is 3.99. The standard InChI is InChI=1S/C23H22F2N2O3/c1-21(2,3)19-12-16-15(27-19)6-5-14(26-16)11-20(28)22(8-9-22)13-4-7-17-18(10-13)30-23(24,25)29-17/h4-7,10,12,27H,8-9,11H2,1-3H3. The Kier molecular flexibility index (Phi) is 3.82. The minimum atomic E-state index is -3.66. The molecule has 0 unspecified atom stereocenters. The lowest BCUT2D eigenvalue weighted by molar-refractivity contribution is -0.286. The summed E-state index contributed by atoms with van der Waals surface area (Å²) in [6.07, 6.45) is -2.11. The minimum absolute atomic E-state index is 0.0128. The first-order chi connectivity index (χ1) is 14.1. The highest BCUT2D eigenvalue weighted by atomic mass is 19.3. The molecular formula is C23H22F2N2O3. The molecule has 3 aromatic rings. The normalized spacial score (nSPS) is 18.6. The highest BCUT2D eigenvalue weighted by Crippen LogP contribution is 2.52. The second kappa shape index (κ2) is 6.03. The summed E-state index contributed by atoms with van der Waals surface area (Å²) in [6.45, 7) is 6.38. The van der Waals surface area contributed by atoms with Gasteiger partial charge in [-0.05, 0) is 48.7 Å². The van der Waals surface area contributed by atoms with Gasteiger partial charge in [0.25, 0.3) is 0 Å². The summed E-state index contributed by atoms with van der Waals surface area (Å²) in [5.41, 5.74) is 3.56. The lowest BCUT2D eigenvalue weighted by atomic mass is 9.88. The molecule has 30 heavy (non-hydrogen) atoms. The lowest BCUT2D eigenvalue weighted by Gasteiger charge is -2.15. The zero-order valence-electron chi connectivity index (χ0n) is 17.0. The fraction of sp³-hybridized carbons (Fsp3) is 0.391. The van der Waals surface area contributed by atoms with Crippen LogP contribution in [-0.4, -0.2) is 22.0 Å². The molecule has 2 aliphatic rings. The van der Waals surface area contributed by atoms with Crippen molar-refractivity contribution >= 4 is 16.8 Å².